The maximum absolute atomic E-state index is 13.0. The molecular formula is C20H24N2O5S. The van der Waals surface area contributed by atoms with E-state index >= 15 is 0 Å². The van der Waals surface area contributed by atoms with Crippen molar-refractivity contribution in [3.05, 3.63) is 53.1 Å². The number of nitrogens with one attached hydrogen (secondary N) is 1. The van der Waals surface area contributed by atoms with E-state index in [4.69, 9.17) is 9.47 Å². The highest BCUT2D eigenvalue weighted by Gasteiger charge is 2.24. The first-order chi connectivity index (χ1) is 13.3. The molecule has 0 radical (unpaired) electrons. The molecular weight excluding hydrogens is 380 g/mol. The molecule has 0 saturated carbocycles. The van der Waals surface area contributed by atoms with Crippen LogP contribution in [0.4, 0.5) is 5.69 Å². The van der Waals surface area contributed by atoms with Crippen molar-refractivity contribution in [1.29, 1.82) is 0 Å². The van der Waals surface area contributed by atoms with Crippen molar-refractivity contribution in [2.24, 2.45) is 0 Å². The molecule has 7 nitrogen and oxygen atoms in total. The lowest BCUT2D eigenvalue weighted by Crippen LogP contribution is -2.41. The Labute approximate surface area is 165 Å². The fraction of sp³-hybridized carbons (Fsp3) is 0.350. The van der Waals surface area contributed by atoms with Gasteiger partial charge in [-0.05, 0) is 49.2 Å². The van der Waals surface area contributed by atoms with Crippen LogP contribution >= 0.6 is 0 Å². The summed E-state index contributed by atoms with van der Waals surface area (Å²) in [5.74, 6) is 0.406. The van der Waals surface area contributed by atoms with Gasteiger partial charge in [-0.2, -0.15) is 0 Å². The van der Waals surface area contributed by atoms with E-state index < -0.39 is 10.0 Å². The average molecular weight is 404 g/mol. The van der Waals surface area contributed by atoms with Crippen molar-refractivity contribution in [2.45, 2.75) is 18.7 Å². The van der Waals surface area contributed by atoms with Crippen LogP contribution in [0.1, 0.15) is 21.5 Å². The lowest BCUT2D eigenvalue weighted by atomic mass is 10.1. The number of aryl methyl sites for hydroxylation is 2. The molecule has 0 bridgehead atoms. The molecule has 3 rings (SSSR count). The number of carbonyl (C=O) groups is 1. The van der Waals surface area contributed by atoms with Crippen LogP contribution in [-0.2, 0) is 14.8 Å². The van der Waals surface area contributed by atoms with Crippen LogP contribution in [0.25, 0.3) is 0 Å². The highest BCUT2D eigenvalue weighted by molar-refractivity contribution is 7.92. The fourth-order valence-electron chi connectivity index (χ4n) is 3.17. The third-order valence-corrected chi connectivity index (χ3v) is 6.19. The van der Waals surface area contributed by atoms with E-state index in [1.54, 1.807) is 62.3 Å². The molecule has 2 aromatic carbocycles. The summed E-state index contributed by atoms with van der Waals surface area (Å²) in [4.78, 5) is 14.7. The molecule has 1 amide bonds. The smallest absolute Gasteiger partial charge is 0.262 e. The van der Waals surface area contributed by atoms with Gasteiger partial charge < -0.3 is 14.4 Å². The van der Waals surface area contributed by atoms with Crippen molar-refractivity contribution >= 4 is 21.6 Å². The first-order valence-corrected chi connectivity index (χ1v) is 10.5. The second-order valence-corrected chi connectivity index (χ2v) is 8.29. The Morgan fingerprint density at radius 2 is 1.79 bits per heavy atom. The molecule has 1 saturated heterocycles. The Morgan fingerprint density at radius 1 is 1.11 bits per heavy atom. The number of benzene rings is 2. The Kier molecular flexibility index (Phi) is 5.90. The summed E-state index contributed by atoms with van der Waals surface area (Å²) in [7, 11) is -2.34. The standard InChI is InChI=1S/C20H24N2O5S/c1-14-13-19(15(2)12-18(14)26-3)28(24,25)21-17-7-5-4-6-16(17)20(23)22-8-10-27-11-9-22/h4-7,12-13,21H,8-11H2,1-3H3. The van der Waals surface area contributed by atoms with Crippen LogP contribution in [0.2, 0.25) is 0 Å². The fourth-order valence-corrected chi connectivity index (χ4v) is 4.56. The van der Waals surface area contributed by atoms with Crippen molar-refractivity contribution in [3.63, 3.8) is 0 Å². The lowest BCUT2D eigenvalue weighted by Gasteiger charge is -2.27. The summed E-state index contributed by atoms with van der Waals surface area (Å²) in [6, 6.07) is 9.89. The van der Waals surface area contributed by atoms with Gasteiger partial charge >= 0.3 is 0 Å². The second kappa shape index (κ2) is 8.20. The van der Waals surface area contributed by atoms with E-state index in [9.17, 15) is 13.2 Å². The number of hydrogen-bond donors (Lipinski definition) is 1. The Hall–Kier alpha value is -2.58. The zero-order chi connectivity index (χ0) is 20.3. The van der Waals surface area contributed by atoms with Gasteiger partial charge in [0.1, 0.15) is 5.75 Å². The highest BCUT2D eigenvalue weighted by atomic mass is 32.2. The molecule has 8 heteroatoms. The number of para-hydroxylation sites is 1. The number of rotatable bonds is 5. The van der Waals surface area contributed by atoms with E-state index in [-0.39, 0.29) is 16.5 Å². The van der Waals surface area contributed by atoms with Gasteiger partial charge in [-0.3, -0.25) is 9.52 Å². The zero-order valence-corrected chi connectivity index (χ0v) is 17.0. The van der Waals surface area contributed by atoms with Crippen LogP contribution in [0.5, 0.6) is 5.75 Å². The zero-order valence-electron chi connectivity index (χ0n) is 16.2. The molecule has 28 heavy (non-hydrogen) atoms. The molecule has 150 valence electrons. The van der Waals surface area contributed by atoms with Crippen molar-refractivity contribution in [2.75, 3.05) is 38.1 Å². The predicted molar refractivity (Wildman–Crippen MR) is 106 cm³/mol. The number of ether oxygens (including phenoxy) is 2. The third kappa shape index (κ3) is 4.13. The highest BCUT2D eigenvalue weighted by Crippen LogP contribution is 2.28. The first kappa shape index (κ1) is 20.2. The summed E-state index contributed by atoms with van der Waals surface area (Å²) in [5, 5.41) is 0. The van der Waals surface area contributed by atoms with E-state index in [2.05, 4.69) is 4.72 Å². The Bertz CT molecular complexity index is 982. The summed E-state index contributed by atoms with van der Waals surface area (Å²) < 4.78 is 39.2. The van der Waals surface area contributed by atoms with E-state index in [0.717, 1.165) is 0 Å². The largest absolute Gasteiger partial charge is 0.496 e. The molecule has 1 aliphatic heterocycles. The Balaban J connectivity index is 1.93. The van der Waals surface area contributed by atoms with E-state index in [1.807, 2.05) is 0 Å². The number of morpholine rings is 1. The van der Waals surface area contributed by atoms with Crippen molar-refractivity contribution in [1.82, 2.24) is 4.90 Å². The minimum absolute atomic E-state index is 0.152. The number of amides is 1. The number of sulfonamides is 1. The number of carbonyl (C=O) groups excluding carboxylic acids is 1. The normalized spacial score (nSPS) is 14.6. The topological polar surface area (TPSA) is 84.9 Å². The molecule has 0 unspecified atom stereocenters. The maximum atomic E-state index is 13.0. The molecule has 1 aliphatic rings. The average Bonchev–Trinajstić information content (AvgIpc) is 2.69. The molecule has 1 fully saturated rings. The molecule has 1 N–H and O–H groups in total. The summed E-state index contributed by atoms with van der Waals surface area (Å²) in [6.07, 6.45) is 0. The van der Waals surface area contributed by atoms with Gasteiger partial charge in [0.05, 0.1) is 36.5 Å². The van der Waals surface area contributed by atoms with Crippen LogP contribution in [-0.4, -0.2) is 52.6 Å². The minimum Gasteiger partial charge on any atom is -0.496 e. The number of nitrogens with zero attached hydrogens (tertiary/aromatic N) is 1. The van der Waals surface area contributed by atoms with Gasteiger partial charge in [0.2, 0.25) is 0 Å². The molecule has 1 heterocycles. The number of hydrogen-bond acceptors (Lipinski definition) is 5. The second-order valence-electron chi connectivity index (χ2n) is 6.64. The van der Waals surface area contributed by atoms with Gasteiger partial charge in [-0.15, -0.1) is 0 Å². The molecule has 0 spiro atoms. The van der Waals surface area contributed by atoms with Crippen molar-refractivity contribution in [3.8, 4) is 5.75 Å². The SMILES string of the molecule is COc1cc(C)c(S(=O)(=O)Nc2ccccc2C(=O)N2CCOCC2)cc1C. The summed E-state index contributed by atoms with van der Waals surface area (Å²) in [6.45, 7) is 5.41. The number of methoxy groups -OCH3 is 1. The third-order valence-electron chi connectivity index (χ3n) is 4.68. The molecule has 0 aromatic heterocycles. The van der Waals surface area contributed by atoms with E-state index in [0.29, 0.717) is 48.7 Å². The van der Waals surface area contributed by atoms with Gasteiger partial charge in [-0.1, -0.05) is 12.1 Å². The monoisotopic (exact) mass is 404 g/mol. The number of anilines is 1. The predicted octanol–water partition coefficient (Wildman–Crippen LogP) is 2.59. The van der Waals surface area contributed by atoms with Crippen LogP contribution in [0.15, 0.2) is 41.3 Å². The van der Waals surface area contributed by atoms with Crippen molar-refractivity contribution < 1.29 is 22.7 Å². The maximum Gasteiger partial charge on any atom is 0.262 e. The molecule has 0 atom stereocenters. The molecule has 2 aromatic rings. The van der Waals surface area contributed by atoms with Gasteiger partial charge in [0.15, 0.2) is 0 Å². The van der Waals surface area contributed by atoms with Gasteiger partial charge in [0, 0.05) is 13.1 Å². The van der Waals surface area contributed by atoms with E-state index in [1.165, 1.54) is 0 Å². The van der Waals surface area contributed by atoms with Crippen LogP contribution in [0.3, 0.4) is 0 Å². The van der Waals surface area contributed by atoms with Crippen LogP contribution < -0.4 is 9.46 Å². The first-order valence-electron chi connectivity index (χ1n) is 8.97. The van der Waals surface area contributed by atoms with Crippen LogP contribution in [0, 0.1) is 13.8 Å². The molecule has 0 aliphatic carbocycles. The Morgan fingerprint density at radius 3 is 2.46 bits per heavy atom. The van der Waals surface area contributed by atoms with Gasteiger partial charge in [-0.25, -0.2) is 8.42 Å². The summed E-state index contributed by atoms with van der Waals surface area (Å²) >= 11 is 0. The van der Waals surface area contributed by atoms with Gasteiger partial charge in [0.25, 0.3) is 15.9 Å². The minimum atomic E-state index is -3.88. The quantitative estimate of drug-likeness (QED) is 0.828. The lowest BCUT2D eigenvalue weighted by molar-refractivity contribution is 0.0303. The summed E-state index contributed by atoms with van der Waals surface area (Å²) in [5.41, 5.74) is 1.85.